The summed E-state index contributed by atoms with van der Waals surface area (Å²) in [5, 5.41) is 0. The third kappa shape index (κ3) is 6.43. The van der Waals surface area contributed by atoms with Crippen molar-refractivity contribution in [3.05, 3.63) is 11.8 Å². The number of fused-ring (bicyclic) bond motifs is 3. The van der Waals surface area contributed by atoms with Gasteiger partial charge in [0.05, 0.1) is 0 Å². The molecule has 0 spiro atoms. The number of alkyl halides is 3. The van der Waals surface area contributed by atoms with Crippen LogP contribution in [0.2, 0.25) is 0 Å². The van der Waals surface area contributed by atoms with Gasteiger partial charge in [-0.2, -0.15) is 40.8 Å². The van der Waals surface area contributed by atoms with Gasteiger partial charge in [0.2, 0.25) is 0 Å². The van der Waals surface area contributed by atoms with Crippen molar-refractivity contribution in [2.45, 2.75) is 91.0 Å². The van der Waals surface area contributed by atoms with E-state index in [0.29, 0.717) is 30.6 Å². The second-order valence-electron chi connectivity index (χ2n) is 10.1. The first-order valence-corrected chi connectivity index (χ1v) is 13.3. The standard InChI is InChI=1S/C22H35F3O3S.2CO2/c1-5-7-15-8-9-16-17-10-11-19(28-29(26,27)22(23,24)25)21(17,4)14-12-18(16)20(15,3)13-6-2;2*2-1-3/h11,15-18H,5-10,12-14H2,1-4H3;;/t15-,16+,17+,18+,20+,21+;;/m1../s1. The Hall–Kier alpha value is -1.96. The van der Waals surface area contributed by atoms with Gasteiger partial charge in [0.25, 0.3) is 0 Å². The fourth-order valence-corrected chi connectivity index (χ4v) is 7.70. The zero-order valence-corrected chi connectivity index (χ0v) is 21.5. The number of hydrogen-bond donors (Lipinski definition) is 0. The van der Waals surface area contributed by atoms with Crippen molar-refractivity contribution < 1.29 is 45.0 Å². The molecule has 0 amide bonds. The minimum absolute atomic E-state index is 0.0196. The van der Waals surface area contributed by atoms with E-state index in [-0.39, 0.29) is 29.4 Å². The molecule has 6 atom stereocenters. The monoisotopic (exact) mass is 524 g/mol. The van der Waals surface area contributed by atoms with E-state index in [0.717, 1.165) is 25.7 Å². The van der Waals surface area contributed by atoms with Crippen LogP contribution in [-0.2, 0) is 33.5 Å². The highest BCUT2D eigenvalue weighted by Gasteiger charge is 2.59. The van der Waals surface area contributed by atoms with Crippen LogP contribution in [0.1, 0.15) is 85.5 Å². The predicted molar refractivity (Wildman–Crippen MR) is 117 cm³/mol. The normalized spacial score (nSPS) is 33.7. The van der Waals surface area contributed by atoms with Gasteiger partial charge >= 0.3 is 27.9 Å². The van der Waals surface area contributed by atoms with Crippen LogP contribution in [0.3, 0.4) is 0 Å². The molecule has 2 fully saturated rings. The van der Waals surface area contributed by atoms with E-state index in [4.69, 9.17) is 19.2 Å². The smallest absolute Gasteiger partial charge is 0.380 e. The first kappa shape index (κ1) is 31.1. The van der Waals surface area contributed by atoms with Gasteiger partial charge in [-0.15, -0.1) is 0 Å². The summed E-state index contributed by atoms with van der Waals surface area (Å²) in [5.74, 6) is 1.86. The van der Waals surface area contributed by atoms with Crippen LogP contribution in [0.4, 0.5) is 13.2 Å². The minimum Gasteiger partial charge on any atom is -0.380 e. The highest BCUT2D eigenvalue weighted by molar-refractivity contribution is 7.87. The summed E-state index contributed by atoms with van der Waals surface area (Å²) in [5.41, 5.74) is -5.75. The summed E-state index contributed by atoms with van der Waals surface area (Å²) in [7, 11) is -5.62. The van der Waals surface area contributed by atoms with Crippen LogP contribution in [0, 0.1) is 34.5 Å². The zero-order chi connectivity index (χ0) is 27.1. The molecule has 0 heterocycles. The molecule has 0 aromatic carbocycles. The van der Waals surface area contributed by atoms with Crippen molar-refractivity contribution in [2.75, 3.05) is 0 Å². The Bertz CT molecular complexity index is 906. The topological polar surface area (TPSA) is 112 Å². The van der Waals surface area contributed by atoms with Crippen molar-refractivity contribution in [3.8, 4) is 0 Å². The van der Waals surface area contributed by atoms with Gasteiger partial charge in [0.15, 0.2) is 0 Å². The zero-order valence-electron chi connectivity index (χ0n) is 20.7. The second kappa shape index (κ2) is 12.3. The number of carbonyl (C=O) groups excluding carboxylic acids is 4. The van der Waals surface area contributed by atoms with Gasteiger partial charge in [0, 0.05) is 5.41 Å². The van der Waals surface area contributed by atoms with Gasteiger partial charge in [-0.3, -0.25) is 0 Å². The molecule has 0 saturated heterocycles. The maximum Gasteiger partial charge on any atom is 0.534 e. The first-order chi connectivity index (χ1) is 16.2. The molecule has 3 aliphatic carbocycles. The van der Waals surface area contributed by atoms with E-state index < -0.39 is 21.0 Å². The molecule has 200 valence electrons. The van der Waals surface area contributed by atoms with Gasteiger partial charge < -0.3 is 4.18 Å². The second-order valence-corrected chi connectivity index (χ2v) is 11.6. The first-order valence-electron chi connectivity index (χ1n) is 11.9. The van der Waals surface area contributed by atoms with Crippen molar-refractivity contribution in [2.24, 2.45) is 34.5 Å². The third-order valence-corrected chi connectivity index (χ3v) is 9.45. The Balaban J connectivity index is 0.000000926. The molecule has 7 nitrogen and oxygen atoms in total. The quantitative estimate of drug-likeness (QED) is 0.327. The van der Waals surface area contributed by atoms with Crippen LogP contribution < -0.4 is 0 Å². The SMILES string of the molecule is CCC[C@@H]1CC[C@@H]2[C@H](CC[C@]3(C)C(OS(=O)(=O)C(F)(F)F)=CC[C@@H]23)[C@@]1(C)CCC.O=C=O.O=C=O. The van der Waals surface area contributed by atoms with Gasteiger partial charge in [0.1, 0.15) is 5.76 Å². The summed E-state index contributed by atoms with van der Waals surface area (Å²) < 4.78 is 66.5. The van der Waals surface area contributed by atoms with E-state index in [1.807, 2.05) is 6.92 Å². The molecule has 0 bridgehead atoms. The van der Waals surface area contributed by atoms with E-state index in [2.05, 4.69) is 25.0 Å². The molecule has 0 aliphatic heterocycles. The van der Waals surface area contributed by atoms with Gasteiger partial charge in [-0.1, -0.05) is 47.0 Å². The molecule has 35 heavy (non-hydrogen) atoms. The summed E-state index contributed by atoms with van der Waals surface area (Å²) in [4.78, 5) is 32.5. The van der Waals surface area contributed by atoms with E-state index in [1.54, 1.807) is 6.08 Å². The van der Waals surface area contributed by atoms with Crippen LogP contribution in [-0.4, -0.2) is 26.2 Å². The largest absolute Gasteiger partial charge is 0.534 e. The number of hydrogen-bond acceptors (Lipinski definition) is 7. The molecule has 0 radical (unpaired) electrons. The molecule has 0 unspecified atom stereocenters. The van der Waals surface area contributed by atoms with Gasteiger partial charge in [-0.25, -0.2) is 0 Å². The molecule has 11 heteroatoms. The fourth-order valence-electron chi connectivity index (χ4n) is 7.11. The Morgan fingerprint density at radius 2 is 1.57 bits per heavy atom. The van der Waals surface area contributed by atoms with Crippen LogP contribution in [0.15, 0.2) is 11.8 Å². The lowest BCUT2D eigenvalue weighted by Crippen LogP contribution is -2.51. The van der Waals surface area contributed by atoms with Crippen molar-refractivity contribution >= 4 is 22.4 Å². The lowest BCUT2D eigenvalue weighted by molar-refractivity contribution is -0.193. The molecule has 0 N–H and O–H groups in total. The minimum atomic E-state index is -5.62. The van der Waals surface area contributed by atoms with Crippen molar-refractivity contribution in [3.63, 3.8) is 0 Å². The summed E-state index contributed by atoms with van der Waals surface area (Å²) >= 11 is 0. The molecule has 0 aromatic heterocycles. The molecule has 3 aliphatic rings. The van der Waals surface area contributed by atoms with Crippen LogP contribution in [0.25, 0.3) is 0 Å². The maximum atomic E-state index is 12.9. The molecule has 3 rings (SSSR count). The highest BCUT2D eigenvalue weighted by Crippen LogP contribution is 2.65. The Labute approximate surface area is 205 Å². The van der Waals surface area contributed by atoms with Crippen molar-refractivity contribution in [1.29, 1.82) is 0 Å². The maximum absolute atomic E-state index is 12.9. The third-order valence-electron chi connectivity index (χ3n) is 8.48. The van der Waals surface area contributed by atoms with Crippen LogP contribution >= 0.6 is 0 Å². The lowest BCUT2D eigenvalue weighted by atomic mass is 9.46. The Kier molecular flexibility index (Phi) is 10.9. The molecule has 0 aromatic rings. The highest BCUT2D eigenvalue weighted by atomic mass is 32.2. The summed E-state index contributed by atoms with van der Waals surface area (Å²) in [6.45, 7) is 8.82. The Morgan fingerprint density at radius 3 is 2.06 bits per heavy atom. The Morgan fingerprint density at radius 1 is 1.00 bits per heavy atom. The number of allylic oxidation sites excluding steroid dienone is 2. The van der Waals surface area contributed by atoms with E-state index in [9.17, 15) is 21.6 Å². The van der Waals surface area contributed by atoms with Crippen LogP contribution in [0.5, 0.6) is 0 Å². The van der Waals surface area contributed by atoms with E-state index in [1.165, 1.54) is 19.3 Å². The number of rotatable bonds is 6. The van der Waals surface area contributed by atoms with Gasteiger partial charge in [-0.05, 0) is 73.7 Å². The average molecular weight is 525 g/mol. The van der Waals surface area contributed by atoms with E-state index >= 15 is 0 Å². The fraction of sp³-hybridized carbons (Fsp3) is 0.833. The lowest BCUT2D eigenvalue weighted by Gasteiger charge is -2.58. The molecular weight excluding hydrogens is 489 g/mol. The molecular formula is C24H35F3O7S. The van der Waals surface area contributed by atoms with Crippen molar-refractivity contribution in [1.82, 2.24) is 0 Å². The summed E-state index contributed by atoms with van der Waals surface area (Å²) in [6.07, 6.45) is 11.3. The molecule has 2 saturated carbocycles. The summed E-state index contributed by atoms with van der Waals surface area (Å²) in [6, 6.07) is 0. The average Bonchev–Trinajstić information content (AvgIpc) is 3.07. The number of halogens is 3. The predicted octanol–water partition coefficient (Wildman–Crippen LogP) is 5.64.